The zero-order valence-corrected chi connectivity index (χ0v) is 13.9. The predicted octanol–water partition coefficient (Wildman–Crippen LogP) is 2.26. The summed E-state index contributed by atoms with van der Waals surface area (Å²) in [6, 6.07) is 15.7. The van der Waals surface area contributed by atoms with Gasteiger partial charge in [-0.15, -0.1) is 0 Å². The topological polar surface area (TPSA) is 60.9 Å². The van der Waals surface area contributed by atoms with E-state index in [1.807, 2.05) is 42.5 Å². The highest BCUT2D eigenvalue weighted by atomic mass is 16.4. The SMILES string of the molecule is O=C(O)C1CN(C(=O)CN2CCc3ccccc32)Cc2ccccc21. The van der Waals surface area contributed by atoms with Crippen LogP contribution < -0.4 is 4.90 Å². The fourth-order valence-corrected chi connectivity index (χ4v) is 3.84. The maximum absolute atomic E-state index is 12.8. The summed E-state index contributed by atoms with van der Waals surface area (Å²) in [7, 11) is 0. The van der Waals surface area contributed by atoms with Crippen LogP contribution in [0, 0.1) is 0 Å². The number of carboxylic acid groups (broad SMARTS) is 1. The fourth-order valence-electron chi connectivity index (χ4n) is 3.84. The highest BCUT2D eigenvalue weighted by molar-refractivity contribution is 5.85. The van der Waals surface area contributed by atoms with Gasteiger partial charge in [-0.3, -0.25) is 9.59 Å². The number of rotatable bonds is 3. The van der Waals surface area contributed by atoms with Crippen LogP contribution in [-0.2, 0) is 22.6 Å². The molecule has 0 radical (unpaired) electrons. The average Bonchev–Trinajstić information content (AvgIpc) is 3.03. The molecule has 128 valence electrons. The lowest BCUT2D eigenvalue weighted by atomic mass is 9.90. The molecule has 1 N–H and O–H groups in total. The monoisotopic (exact) mass is 336 g/mol. The van der Waals surface area contributed by atoms with Gasteiger partial charge >= 0.3 is 5.97 Å². The molecule has 2 heterocycles. The van der Waals surface area contributed by atoms with Crippen molar-refractivity contribution in [2.75, 3.05) is 24.5 Å². The molecule has 2 aliphatic rings. The van der Waals surface area contributed by atoms with Gasteiger partial charge in [0.25, 0.3) is 0 Å². The Bertz CT molecular complexity index is 833. The molecule has 25 heavy (non-hydrogen) atoms. The van der Waals surface area contributed by atoms with Crippen LogP contribution in [0.2, 0.25) is 0 Å². The van der Waals surface area contributed by atoms with Crippen molar-refractivity contribution in [1.82, 2.24) is 4.90 Å². The normalized spacial score (nSPS) is 18.6. The van der Waals surface area contributed by atoms with Crippen molar-refractivity contribution in [3.05, 3.63) is 65.2 Å². The molecule has 1 unspecified atom stereocenters. The molecule has 0 fully saturated rings. The van der Waals surface area contributed by atoms with E-state index >= 15 is 0 Å². The van der Waals surface area contributed by atoms with Crippen LogP contribution in [0.1, 0.15) is 22.6 Å². The zero-order chi connectivity index (χ0) is 17.4. The van der Waals surface area contributed by atoms with Crippen LogP contribution in [0.25, 0.3) is 0 Å². The lowest BCUT2D eigenvalue weighted by Gasteiger charge is -2.34. The number of para-hydroxylation sites is 1. The Morgan fingerprint density at radius 1 is 1.04 bits per heavy atom. The van der Waals surface area contributed by atoms with E-state index in [0.717, 1.165) is 29.8 Å². The Morgan fingerprint density at radius 2 is 1.76 bits per heavy atom. The van der Waals surface area contributed by atoms with Gasteiger partial charge in [0, 0.05) is 25.3 Å². The third-order valence-corrected chi connectivity index (χ3v) is 5.15. The van der Waals surface area contributed by atoms with Gasteiger partial charge in [-0.05, 0) is 29.2 Å². The van der Waals surface area contributed by atoms with E-state index < -0.39 is 11.9 Å². The second-order valence-electron chi connectivity index (χ2n) is 6.66. The van der Waals surface area contributed by atoms with Crippen LogP contribution in [0.4, 0.5) is 5.69 Å². The van der Waals surface area contributed by atoms with Gasteiger partial charge in [0.2, 0.25) is 5.91 Å². The van der Waals surface area contributed by atoms with Gasteiger partial charge in [0.1, 0.15) is 0 Å². The van der Waals surface area contributed by atoms with Crippen molar-refractivity contribution in [3.63, 3.8) is 0 Å². The second-order valence-corrected chi connectivity index (χ2v) is 6.66. The summed E-state index contributed by atoms with van der Waals surface area (Å²) in [6.07, 6.45) is 0.948. The Balaban J connectivity index is 1.53. The Morgan fingerprint density at radius 3 is 2.56 bits per heavy atom. The van der Waals surface area contributed by atoms with E-state index in [1.54, 1.807) is 4.90 Å². The molecule has 4 rings (SSSR count). The van der Waals surface area contributed by atoms with E-state index in [0.29, 0.717) is 13.1 Å². The minimum absolute atomic E-state index is 0.0162. The quantitative estimate of drug-likeness (QED) is 0.934. The molecule has 0 spiro atoms. The molecule has 0 aromatic heterocycles. The largest absolute Gasteiger partial charge is 0.481 e. The summed E-state index contributed by atoms with van der Waals surface area (Å²) in [5, 5.41) is 9.55. The van der Waals surface area contributed by atoms with Crippen LogP contribution in [0.15, 0.2) is 48.5 Å². The van der Waals surface area contributed by atoms with E-state index in [9.17, 15) is 14.7 Å². The van der Waals surface area contributed by atoms with Gasteiger partial charge in [-0.1, -0.05) is 42.5 Å². The number of carbonyl (C=O) groups excluding carboxylic acids is 1. The van der Waals surface area contributed by atoms with Crippen molar-refractivity contribution in [2.45, 2.75) is 18.9 Å². The zero-order valence-electron chi connectivity index (χ0n) is 13.9. The first-order valence-electron chi connectivity index (χ1n) is 8.54. The molecular weight excluding hydrogens is 316 g/mol. The predicted molar refractivity (Wildman–Crippen MR) is 94.6 cm³/mol. The highest BCUT2D eigenvalue weighted by Gasteiger charge is 2.33. The maximum atomic E-state index is 12.8. The Hall–Kier alpha value is -2.82. The van der Waals surface area contributed by atoms with Crippen molar-refractivity contribution < 1.29 is 14.7 Å². The fraction of sp³-hybridized carbons (Fsp3) is 0.300. The smallest absolute Gasteiger partial charge is 0.312 e. The van der Waals surface area contributed by atoms with Crippen molar-refractivity contribution in [2.24, 2.45) is 0 Å². The molecule has 2 aliphatic heterocycles. The molecule has 0 aliphatic carbocycles. The van der Waals surface area contributed by atoms with Gasteiger partial charge in [0.05, 0.1) is 12.5 Å². The van der Waals surface area contributed by atoms with Crippen LogP contribution in [0.5, 0.6) is 0 Å². The molecule has 5 heteroatoms. The first-order valence-corrected chi connectivity index (χ1v) is 8.54. The summed E-state index contributed by atoms with van der Waals surface area (Å²) in [5.41, 5.74) is 4.13. The number of anilines is 1. The van der Waals surface area contributed by atoms with Gasteiger partial charge in [-0.25, -0.2) is 0 Å². The summed E-state index contributed by atoms with van der Waals surface area (Å²) in [5.74, 6) is -1.55. The van der Waals surface area contributed by atoms with E-state index in [4.69, 9.17) is 0 Å². The van der Waals surface area contributed by atoms with E-state index in [-0.39, 0.29) is 12.5 Å². The van der Waals surface area contributed by atoms with Gasteiger partial charge in [-0.2, -0.15) is 0 Å². The molecule has 0 saturated heterocycles. The minimum atomic E-state index is -0.878. The number of benzene rings is 2. The lowest BCUT2D eigenvalue weighted by molar-refractivity contribution is -0.141. The van der Waals surface area contributed by atoms with Crippen LogP contribution in [0.3, 0.4) is 0 Å². The third-order valence-electron chi connectivity index (χ3n) is 5.15. The number of amides is 1. The minimum Gasteiger partial charge on any atom is -0.481 e. The number of carbonyl (C=O) groups is 2. The summed E-state index contributed by atoms with van der Waals surface area (Å²) in [4.78, 5) is 28.3. The first kappa shape index (κ1) is 15.7. The van der Waals surface area contributed by atoms with Crippen molar-refractivity contribution in [3.8, 4) is 0 Å². The number of nitrogens with zero attached hydrogens (tertiary/aromatic N) is 2. The summed E-state index contributed by atoms with van der Waals surface area (Å²) < 4.78 is 0. The molecule has 2 aromatic rings. The Labute approximate surface area is 146 Å². The molecule has 1 atom stereocenters. The average molecular weight is 336 g/mol. The third kappa shape index (κ3) is 2.86. The number of carboxylic acids is 1. The van der Waals surface area contributed by atoms with Crippen molar-refractivity contribution in [1.29, 1.82) is 0 Å². The summed E-state index contributed by atoms with van der Waals surface area (Å²) in [6.45, 7) is 1.85. The molecular formula is C20H20N2O3. The van der Waals surface area contributed by atoms with Crippen LogP contribution >= 0.6 is 0 Å². The molecule has 5 nitrogen and oxygen atoms in total. The van der Waals surface area contributed by atoms with Gasteiger partial charge in [0.15, 0.2) is 0 Å². The molecule has 1 amide bonds. The second kappa shape index (κ2) is 6.24. The van der Waals surface area contributed by atoms with Crippen molar-refractivity contribution >= 4 is 17.6 Å². The molecule has 0 bridgehead atoms. The number of aliphatic carboxylic acids is 1. The molecule has 2 aromatic carbocycles. The van der Waals surface area contributed by atoms with E-state index in [2.05, 4.69) is 11.0 Å². The summed E-state index contributed by atoms with van der Waals surface area (Å²) >= 11 is 0. The molecule has 0 saturated carbocycles. The highest BCUT2D eigenvalue weighted by Crippen LogP contribution is 2.30. The standard InChI is InChI=1S/C20H20N2O3/c23-19(13-21-10-9-14-5-2-4-8-18(14)21)22-11-15-6-1-3-7-16(15)17(12-22)20(24)25/h1-8,17H,9-13H2,(H,24,25). The number of hydrogen-bond acceptors (Lipinski definition) is 3. The maximum Gasteiger partial charge on any atom is 0.312 e. The number of hydrogen-bond donors (Lipinski definition) is 1. The Kier molecular flexibility index (Phi) is 3.92. The van der Waals surface area contributed by atoms with Gasteiger partial charge < -0.3 is 14.9 Å². The van der Waals surface area contributed by atoms with E-state index in [1.165, 1.54) is 5.56 Å². The lowest BCUT2D eigenvalue weighted by Crippen LogP contribution is -2.45. The number of fused-ring (bicyclic) bond motifs is 2. The first-order chi connectivity index (χ1) is 12.1. The van der Waals surface area contributed by atoms with Crippen LogP contribution in [-0.4, -0.2) is 41.5 Å².